The zero-order valence-corrected chi connectivity index (χ0v) is 9.76. The lowest BCUT2D eigenvalue weighted by Crippen LogP contribution is -1.95. The first-order valence-electron chi connectivity index (χ1n) is 2.40. The van der Waals surface area contributed by atoms with Crippen molar-refractivity contribution in [1.82, 2.24) is 0 Å². The van der Waals surface area contributed by atoms with Crippen LogP contribution >= 0.6 is 50.0 Å². The third kappa shape index (κ3) is 4.27. The van der Waals surface area contributed by atoms with Crippen molar-refractivity contribution in [1.29, 1.82) is 0 Å². The first-order valence-corrected chi connectivity index (χ1v) is 3.78. The van der Waals surface area contributed by atoms with E-state index in [1.165, 1.54) is 6.07 Å². The van der Waals surface area contributed by atoms with Crippen LogP contribution in [0.2, 0.25) is 0 Å². The Balaban J connectivity index is 0. The molecule has 64 valence electrons. The van der Waals surface area contributed by atoms with Gasteiger partial charge in [0.15, 0.2) is 0 Å². The molecule has 0 spiro atoms. The molecule has 1 atom stereocenters. The molecule has 0 aliphatic carbocycles. The molecule has 0 N–H and O–H groups in total. The van der Waals surface area contributed by atoms with Crippen LogP contribution in [0.4, 0.5) is 4.39 Å². The molecule has 0 aromatic heterocycles. The van der Waals surface area contributed by atoms with Gasteiger partial charge in [0.05, 0.1) is 0 Å². The molecule has 1 rings (SSSR count). The predicted molar refractivity (Wildman–Crippen MR) is 57.9 cm³/mol. The summed E-state index contributed by atoms with van der Waals surface area (Å²) in [4.78, 5) is 0. The maximum Gasteiger partial charge on any atom is 0.131 e. The van der Waals surface area contributed by atoms with Crippen molar-refractivity contribution in [3.8, 4) is 0 Å². The molecular formula is C6H7BrCl2FP. The van der Waals surface area contributed by atoms with E-state index < -0.39 is 0 Å². The largest absolute Gasteiger partial charge is 0.206 e. The average Bonchev–Trinajstić information content (AvgIpc) is 1.80. The number of hydrogen-bond acceptors (Lipinski definition) is 0. The van der Waals surface area contributed by atoms with Crippen LogP contribution in [0.1, 0.15) is 0 Å². The summed E-state index contributed by atoms with van der Waals surface area (Å²) in [5.41, 5.74) is 0. The number of hydrogen-bond donors (Lipinski definition) is 0. The molecule has 0 fully saturated rings. The van der Waals surface area contributed by atoms with Crippen LogP contribution in [0, 0.1) is 5.82 Å². The van der Waals surface area contributed by atoms with Gasteiger partial charge in [-0.1, -0.05) is 22.0 Å². The summed E-state index contributed by atoms with van der Waals surface area (Å²) >= 11 is 3.15. The highest BCUT2D eigenvalue weighted by Gasteiger charge is 1.94. The zero-order valence-electron chi connectivity index (χ0n) is 5.38. The molecular weight excluding hydrogens is 273 g/mol. The van der Waals surface area contributed by atoms with E-state index in [2.05, 4.69) is 25.2 Å². The van der Waals surface area contributed by atoms with Gasteiger partial charge < -0.3 is 0 Å². The quantitative estimate of drug-likeness (QED) is 0.641. The predicted octanol–water partition coefficient (Wildman–Crippen LogP) is 2.93. The van der Waals surface area contributed by atoms with E-state index in [1.807, 2.05) is 0 Å². The monoisotopic (exact) mass is 278 g/mol. The average molecular weight is 280 g/mol. The lowest BCUT2D eigenvalue weighted by atomic mass is 10.3. The Labute approximate surface area is 88.1 Å². The molecule has 0 radical (unpaired) electrons. The Kier molecular flexibility index (Phi) is 7.98. The van der Waals surface area contributed by atoms with Gasteiger partial charge in [0, 0.05) is 9.78 Å². The van der Waals surface area contributed by atoms with Gasteiger partial charge in [0.1, 0.15) is 5.82 Å². The maximum absolute atomic E-state index is 12.5. The summed E-state index contributed by atoms with van der Waals surface area (Å²) in [5.74, 6) is -0.200. The zero-order chi connectivity index (χ0) is 6.85. The minimum atomic E-state index is -0.200. The molecule has 0 heterocycles. The highest BCUT2D eigenvalue weighted by atomic mass is 79.9. The molecule has 1 aromatic rings. The van der Waals surface area contributed by atoms with Gasteiger partial charge in [-0.3, -0.25) is 0 Å². The Morgan fingerprint density at radius 1 is 1.27 bits per heavy atom. The Hall–Kier alpha value is 0.640. The third-order valence-corrected chi connectivity index (χ3v) is 1.92. The van der Waals surface area contributed by atoms with Crippen LogP contribution in [0.15, 0.2) is 22.7 Å². The molecule has 5 heteroatoms. The van der Waals surface area contributed by atoms with Gasteiger partial charge in [-0.15, -0.1) is 34.1 Å². The van der Waals surface area contributed by atoms with Crippen LogP contribution < -0.4 is 5.30 Å². The second-order valence-electron chi connectivity index (χ2n) is 1.67. The summed E-state index contributed by atoms with van der Waals surface area (Å²) < 4.78 is 13.3. The second kappa shape index (κ2) is 6.19. The fraction of sp³-hybridized carbons (Fsp3) is 0. The molecule has 1 aromatic carbocycles. The highest BCUT2D eigenvalue weighted by Crippen LogP contribution is 2.10. The molecule has 0 saturated heterocycles. The van der Waals surface area contributed by atoms with E-state index in [0.717, 1.165) is 4.47 Å². The third-order valence-electron chi connectivity index (χ3n) is 0.962. The molecule has 11 heavy (non-hydrogen) atoms. The first-order chi connectivity index (χ1) is 4.20. The van der Waals surface area contributed by atoms with Gasteiger partial charge in [0.2, 0.25) is 0 Å². The first kappa shape index (κ1) is 14.2. The van der Waals surface area contributed by atoms with Gasteiger partial charge >= 0.3 is 0 Å². The van der Waals surface area contributed by atoms with Crippen molar-refractivity contribution in [2.45, 2.75) is 0 Å². The molecule has 0 amide bonds. The summed E-state index contributed by atoms with van der Waals surface area (Å²) in [7, 11) is 2.31. The lowest BCUT2D eigenvalue weighted by Gasteiger charge is -1.93. The van der Waals surface area contributed by atoms with Gasteiger partial charge in [0.25, 0.3) is 0 Å². The molecule has 0 nitrogen and oxygen atoms in total. The standard InChI is InChI=1S/C6H5BrFP.2ClH/c7-4-1-2-6(9)5(8)3-4;;/h1-3H,9H2;2*1H. The summed E-state index contributed by atoms with van der Waals surface area (Å²) in [5, 5.41) is 0.596. The van der Waals surface area contributed by atoms with Crippen LogP contribution in [0.25, 0.3) is 0 Å². The summed E-state index contributed by atoms with van der Waals surface area (Å²) in [6.07, 6.45) is 0. The van der Waals surface area contributed by atoms with Crippen molar-refractivity contribution in [3.63, 3.8) is 0 Å². The number of rotatable bonds is 0. The van der Waals surface area contributed by atoms with E-state index in [1.54, 1.807) is 12.1 Å². The van der Waals surface area contributed by atoms with Crippen molar-refractivity contribution in [3.05, 3.63) is 28.5 Å². The topological polar surface area (TPSA) is 0 Å². The fourth-order valence-corrected chi connectivity index (χ4v) is 1.01. The van der Waals surface area contributed by atoms with Crippen molar-refractivity contribution in [2.75, 3.05) is 0 Å². The smallest absolute Gasteiger partial charge is 0.131 e. The Bertz CT molecular complexity index is 232. The molecule has 0 saturated carbocycles. The van der Waals surface area contributed by atoms with E-state index in [-0.39, 0.29) is 30.6 Å². The van der Waals surface area contributed by atoms with Crippen molar-refractivity contribution in [2.24, 2.45) is 0 Å². The highest BCUT2D eigenvalue weighted by molar-refractivity contribution is 9.10. The van der Waals surface area contributed by atoms with Crippen LogP contribution in [0.3, 0.4) is 0 Å². The van der Waals surface area contributed by atoms with E-state index in [0.29, 0.717) is 5.30 Å². The number of benzene rings is 1. The van der Waals surface area contributed by atoms with E-state index >= 15 is 0 Å². The second-order valence-corrected chi connectivity index (χ2v) is 3.20. The van der Waals surface area contributed by atoms with Crippen LogP contribution in [0.5, 0.6) is 0 Å². The van der Waals surface area contributed by atoms with E-state index in [4.69, 9.17) is 0 Å². The minimum absolute atomic E-state index is 0. The number of halogens is 4. The van der Waals surface area contributed by atoms with Crippen molar-refractivity contribution >= 4 is 55.3 Å². The van der Waals surface area contributed by atoms with Gasteiger partial charge in [-0.25, -0.2) is 4.39 Å². The Morgan fingerprint density at radius 2 is 1.82 bits per heavy atom. The summed E-state index contributed by atoms with van der Waals surface area (Å²) in [6, 6.07) is 4.93. The fourth-order valence-electron chi connectivity index (χ4n) is 0.502. The van der Waals surface area contributed by atoms with Gasteiger partial charge in [-0.05, 0) is 12.1 Å². The normalized spacial score (nSPS) is 7.91. The Morgan fingerprint density at radius 3 is 2.18 bits per heavy atom. The molecule has 0 aliphatic rings. The van der Waals surface area contributed by atoms with E-state index in [9.17, 15) is 4.39 Å². The molecule has 0 aliphatic heterocycles. The van der Waals surface area contributed by atoms with Crippen molar-refractivity contribution < 1.29 is 4.39 Å². The van der Waals surface area contributed by atoms with Gasteiger partial charge in [-0.2, -0.15) is 0 Å². The lowest BCUT2D eigenvalue weighted by molar-refractivity contribution is 0.636. The molecule has 0 bridgehead atoms. The SMILES string of the molecule is Cl.Cl.Fc1cc(Br)ccc1P. The maximum atomic E-state index is 12.5. The van der Waals surface area contributed by atoms with Crippen LogP contribution in [-0.4, -0.2) is 0 Å². The minimum Gasteiger partial charge on any atom is -0.206 e. The summed E-state index contributed by atoms with van der Waals surface area (Å²) in [6.45, 7) is 0. The van der Waals surface area contributed by atoms with Crippen LogP contribution in [-0.2, 0) is 0 Å². The molecule has 1 unspecified atom stereocenters.